The molecule has 0 bridgehead atoms. The Bertz CT molecular complexity index is 380. The maximum atomic E-state index is 5.56. The summed E-state index contributed by atoms with van der Waals surface area (Å²) in [5, 5.41) is 7.51. The Labute approximate surface area is 115 Å². The highest BCUT2D eigenvalue weighted by molar-refractivity contribution is 5.08. The van der Waals surface area contributed by atoms with Gasteiger partial charge in [-0.05, 0) is 46.2 Å². The Hall–Kier alpha value is -0.940. The minimum atomic E-state index is -0.0945. The maximum absolute atomic E-state index is 5.56. The zero-order valence-corrected chi connectivity index (χ0v) is 12.2. The summed E-state index contributed by atoms with van der Waals surface area (Å²) < 4.78 is 11.1. The number of hydrogen-bond acceptors (Lipinski definition) is 5. The molecule has 2 heterocycles. The third-order valence-corrected chi connectivity index (χ3v) is 3.96. The van der Waals surface area contributed by atoms with E-state index < -0.39 is 0 Å². The van der Waals surface area contributed by atoms with E-state index in [2.05, 4.69) is 22.4 Å². The monoisotopic (exact) mass is 267 g/mol. The Morgan fingerprint density at radius 1 is 1.37 bits per heavy atom. The Kier molecular flexibility index (Phi) is 4.93. The number of rotatable bonds is 6. The van der Waals surface area contributed by atoms with Crippen LogP contribution in [0.2, 0.25) is 0 Å². The third-order valence-electron chi connectivity index (χ3n) is 3.96. The topological polar surface area (TPSA) is 60.2 Å². The summed E-state index contributed by atoms with van der Waals surface area (Å²) in [5.41, 5.74) is 0.0667. The van der Waals surface area contributed by atoms with E-state index in [1.54, 1.807) is 0 Å². The van der Waals surface area contributed by atoms with Crippen molar-refractivity contribution >= 4 is 0 Å². The van der Waals surface area contributed by atoms with Gasteiger partial charge < -0.3 is 14.6 Å². The van der Waals surface area contributed by atoms with Gasteiger partial charge in [0.15, 0.2) is 5.82 Å². The molecule has 2 rings (SSSR count). The van der Waals surface area contributed by atoms with Crippen LogP contribution in [0.4, 0.5) is 0 Å². The van der Waals surface area contributed by atoms with Crippen molar-refractivity contribution in [3.63, 3.8) is 0 Å². The van der Waals surface area contributed by atoms with Crippen LogP contribution in [-0.2, 0) is 10.2 Å². The first-order valence-corrected chi connectivity index (χ1v) is 7.38. The molecule has 1 atom stereocenters. The molecule has 0 saturated carbocycles. The van der Waals surface area contributed by atoms with Crippen molar-refractivity contribution in [3.8, 4) is 0 Å². The Morgan fingerprint density at radius 3 is 2.74 bits per heavy atom. The van der Waals surface area contributed by atoms with E-state index in [1.165, 1.54) is 0 Å². The maximum Gasteiger partial charge on any atom is 0.233 e. The van der Waals surface area contributed by atoms with Crippen molar-refractivity contribution in [2.24, 2.45) is 0 Å². The van der Waals surface area contributed by atoms with Crippen LogP contribution in [0.3, 0.4) is 0 Å². The van der Waals surface area contributed by atoms with E-state index in [0.29, 0.717) is 12.4 Å². The van der Waals surface area contributed by atoms with Gasteiger partial charge in [-0.15, -0.1) is 0 Å². The Morgan fingerprint density at radius 2 is 2.11 bits per heavy atom. The van der Waals surface area contributed by atoms with E-state index in [4.69, 9.17) is 9.26 Å². The molecule has 0 spiro atoms. The van der Waals surface area contributed by atoms with E-state index in [0.717, 1.165) is 44.7 Å². The molecule has 19 heavy (non-hydrogen) atoms. The van der Waals surface area contributed by atoms with Crippen molar-refractivity contribution in [2.45, 2.75) is 58.0 Å². The smallest absolute Gasteiger partial charge is 0.233 e. The molecule has 1 aliphatic heterocycles. The number of aromatic nitrogens is 2. The highest BCUT2D eigenvalue weighted by atomic mass is 16.5. The van der Waals surface area contributed by atoms with Crippen molar-refractivity contribution in [1.82, 2.24) is 15.5 Å². The fraction of sp³-hybridized carbons (Fsp3) is 0.857. The number of hydrogen-bond donors (Lipinski definition) is 1. The van der Waals surface area contributed by atoms with Gasteiger partial charge in [-0.1, -0.05) is 18.5 Å². The summed E-state index contributed by atoms with van der Waals surface area (Å²) in [6.45, 7) is 8.87. The molecule has 0 aromatic carbocycles. The molecule has 5 heteroatoms. The predicted octanol–water partition coefficient (Wildman–Crippen LogP) is 2.59. The summed E-state index contributed by atoms with van der Waals surface area (Å²) in [4.78, 5) is 4.61. The molecular formula is C14H25N3O2. The first kappa shape index (κ1) is 14.5. The van der Waals surface area contributed by atoms with Gasteiger partial charge in [0.05, 0.1) is 5.41 Å². The van der Waals surface area contributed by atoms with Gasteiger partial charge in [-0.2, -0.15) is 4.98 Å². The van der Waals surface area contributed by atoms with Gasteiger partial charge in [0.1, 0.15) is 6.10 Å². The Balaban J connectivity index is 2.18. The van der Waals surface area contributed by atoms with Crippen molar-refractivity contribution < 1.29 is 9.26 Å². The molecule has 1 fully saturated rings. The molecule has 1 aromatic heterocycles. The van der Waals surface area contributed by atoms with E-state index in [1.807, 2.05) is 13.8 Å². The SMILES string of the molecule is CCCC1(c2nc(C(C)OCC)no2)CCNCC1. The second-order valence-electron chi connectivity index (χ2n) is 5.34. The number of ether oxygens (including phenoxy) is 1. The number of nitrogens with one attached hydrogen (secondary N) is 1. The standard InChI is InChI=1S/C14H25N3O2/c1-4-6-14(7-9-15-10-8-14)13-16-12(17-19-13)11(3)18-5-2/h11,15H,4-10H2,1-3H3. The molecule has 108 valence electrons. The fourth-order valence-electron chi connectivity index (χ4n) is 2.89. The molecule has 1 N–H and O–H groups in total. The van der Waals surface area contributed by atoms with Crippen LogP contribution >= 0.6 is 0 Å². The van der Waals surface area contributed by atoms with Crippen LogP contribution in [0, 0.1) is 0 Å². The lowest BCUT2D eigenvalue weighted by atomic mass is 9.75. The molecule has 1 unspecified atom stereocenters. The summed E-state index contributed by atoms with van der Waals surface area (Å²) in [6, 6.07) is 0. The van der Waals surface area contributed by atoms with Crippen LogP contribution in [0.1, 0.15) is 64.3 Å². The predicted molar refractivity (Wildman–Crippen MR) is 73.0 cm³/mol. The molecule has 0 aliphatic carbocycles. The molecule has 1 aromatic rings. The lowest BCUT2D eigenvalue weighted by molar-refractivity contribution is 0.0683. The van der Waals surface area contributed by atoms with Crippen LogP contribution in [0.25, 0.3) is 0 Å². The van der Waals surface area contributed by atoms with E-state index in [9.17, 15) is 0 Å². The number of piperidine rings is 1. The second kappa shape index (κ2) is 6.48. The largest absolute Gasteiger partial charge is 0.371 e. The first-order chi connectivity index (χ1) is 9.22. The van der Waals surface area contributed by atoms with Crippen LogP contribution < -0.4 is 5.32 Å². The van der Waals surface area contributed by atoms with Gasteiger partial charge in [-0.3, -0.25) is 0 Å². The molecule has 0 radical (unpaired) electrons. The average molecular weight is 267 g/mol. The highest BCUT2D eigenvalue weighted by Gasteiger charge is 2.38. The van der Waals surface area contributed by atoms with Gasteiger partial charge in [-0.25, -0.2) is 0 Å². The average Bonchev–Trinajstić information content (AvgIpc) is 2.91. The minimum absolute atomic E-state index is 0.0667. The van der Waals surface area contributed by atoms with Gasteiger partial charge >= 0.3 is 0 Å². The molecule has 1 aliphatic rings. The molecule has 5 nitrogen and oxygen atoms in total. The van der Waals surface area contributed by atoms with Crippen molar-refractivity contribution in [2.75, 3.05) is 19.7 Å². The lowest BCUT2D eigenvalue weighted by Crippen LogP contribution is -2.40. The van der Waals surface area contributed by atoms with Crippen LogP contribution in [-0.4, -0.2) is 29.8 Å². The molecule has 0 amide bonds. The minimum Gasteiger partial charge on any atom is -0.371 e. The summed E-state index contributed by atoms with van der Waals surface area (Å²) in [7, 11) is 0. The first-order valence-electron chi connectivity index (χ1n) is 7.38. The van der Waals surface area contributed by atoms with Gasteiger partial charge in [0.2, 0.25) is 5.89 Å². The summed E-state index contributed by atoms with van der Waals surface area (Å²) in [5.74, 6) is 1.48. The zero-order chi connectivity index (χ0) is 13.7. The summed E-state index contributed by atoms with van der Waals surface area (Å²) >= 11 is 0. The molecule has 1 saturated heterocycles. The highest BCUT2D eigenvalue weighted by Crippen LogP contribution is 2.37. The van der Waals surface area contributed by atoms with Crippen LogP contribution in [0.5, 0.6) is 0 Å². The van der Waals surface area contributed by atoms with Gasteiger partial charge in [0, 0.05) is 6.61 Å². The van der Waals surface area contributed by atoms with Gasteiger partial charge in [0.25, 0.3) is 0 Å². The van der Waals surface area contributed by atoms with Crippen LogP contribution in [0.15, 0.2) is 4.52 Å². The van der Waals surface area contributed by atoms with E-state index in [-0.39, 0.29) is 11.5 Å². The molecular weight excluding hydrogens is 242 g/mol. The quantitative estimate of drug-likeness (QED) is 0.858. The third kappa shape index (κ3) is 3.15. The second-order valence-corrected chi connectivity index (χ2v) is 5.34. The zero-order valence-electron chi connectivity index (χ0n) is 12.2. The summed E-state index contributed by atoms with van der Waals surface area (Å²) in [6.07, 6.45) is 4.30. The lowest BCUT2D eigenvalue weighted by Gasteiger charge is -2.34. The number of nitrogens with zero attached hydrogens (tertiary/aromatic N) is 2. The van der Waals surface area contributed by atoms with E-state index >= 15 is 0 Å². The van der Waals surface area contributed by atoms with Crippen molar-refractivity contribution in [3.05, 3.63) is 11.7 Å². The van der Waals surface area contributed by atoms with Crippen molar-refractivity contribution in [1.29, 1.82) is 0 Å². The normalized spacial score (nSPS) is 20.4. The fourth-order valence-corrected chi connectivity index (χ4v) is 2.89.